The van der Waals surface area contributed by atoms with Gasteiger partial charge in [0.2, 0.25) is 0 Å². The normalized spacial score (nSPS) is 13.8. The number of halogens is 3. The molecule has 4 aromatic carbocycles. The molecule has 6 rings (SSSR count). The van der Waals surface area contributed by atoms with Crippen molar-refractivity contribution in [1.82, 2.24) is 9.62 Å². The smallest absolute Gasteiger partial charge is 0.418 e. The van der Waals surface area contributed by atoms with E-state index in [9.17, 15) is 26.4 Å². The van der Waals surface area contributed by atoms with Crippen molar-refractivity contribution in [2.24, 2.45) is 0 Å². The number of thiophene rings is 1. The van der Waals surface area contributed by atoms with Crippen LogP contribution in [0.3, 0.4) is 0 Å². The molecule has 0 unspecified atom stereocenters. The van der Waals surface area contributed by atoms with Crippen LogP contribution in [0.5, 0.6) is 5.75 Å². The summed E-state index contributed by atoms with van der Waals surface area (Å²) in [4.78, 5) is 19.2. The van der Waals surface area contributed by atoms with Gasteiger partial charge in [-0.05, 0) is 96.2 Å². The summed E-state index contributed by atoms with van der Waals surface area (Å²) >= 11 is 3.22. The highest BCUT2D eigenvalue weighted by Gasteiger charge is 2.35. The largest absolute Gasteiger partial charge is 0.494 e. The zero-order valence-electron chi connectivity index (χ0n) is 28.9. The Balaban J connectivity index is 1.01. The summed E-state index contributed by atoms with van der Waals surface area (Å²) in [6.07, 6.45) is -4.82. The predicted molar refractivity (Wildman–Crippen MR) is 207 cm³/mol. The number of amides is 1. The fourth-order valence-electron chi connectivity index (χ4n) is 5.95. The molecule has 1 aliphatic rings. The Bertz CT molecular complexity index is 2100. The molecule has 0 aliphatic carbocycles. The fourth-order valence-corrected chi connectivity index (χ4v) is 8.67. The van der Waals surface area contributed by atoms with E-state index in [2.05, 4.69) is 38.7 Å². The number of thioether (sulfide) groups is 1. The molecule has 0 atom stereocenters. The van der Waals surface area contributed by atoms with E-state index in [1.54, 1.807) is 23.5 Å². The third-order valence-corrected chi connectivity index (χ3v) is 11.9. The highest BCUT2D eigenvalue weighted by molar-refractivity contribution is 7.99. The lowest BCUT2D eigenvalue weighted by Gasteiger charge is -2.36. The van der Waals surface area contributed by atoms with Crippen LogP contribution < -0.4 is 19.7 Å². The van der Waals surface area contributed by atoms with E-state index in [1.807, 2.05) is 54.1 Å². The molecule has 5 aromatic rings. The number of hydrogen-bond acceptors (Lipinski definition) is 9. The van der Waals surface area contributed by atoms with Crippen LogP contribution >= 0.6 is 23.1 Å². The Morgan fingerprint density at radius 2 is 1.64 bits per heavy atom. The Kier molecular flexibility index (Phi) is 12.3. The van der Waals surface area contributed by atoms with Gasteiger partial charge in [-0.3, -0.25) is 9.69 Å². The summed E-state index contributed by atoms with van der Waals surface area (Å²) in [6, 6.07) is 29.0. The summed E-state index contributed by atoms with van der Waals surface area (Å²) in [5.41, 5.74) is 1.88. The summed E-state index contributed by atoms with van der Waals surface area (Å²) in [6.45, 7) is 6.88. The number of hydrogen-bond donors (Lipinski definition) is 2. The van der Waals surface area contributed by atoms with E-state index in [0.717, 1.165) is 66.8 Å². The minimum absolute atomic E-state index is 0.0708. The number of nitrogens with zero attached hydrogens (tertiary/aromatic N) is 2. The first-order chi connectivity index (χ1) is 25.5. The number of nitrogens with one attached hydrogen (secondary N) is 2. The third kappa shape index (κ3) is 10.1. The molecule has 2 heterocycles. The Morgan fingerprint density at radius 1 is 0.887 bits per heavy atom. The van der Waals surface area contributed by atoms with E-state index in [-0.39, 0.29) is 17.8 Å². The van der Waals surface area contributed by atoms with Crippen molar-refractivity contribution in [2.45, 2.75) is 29.4 Å². The topological polar surface area (TPSA) is 91.0 Å². The van der Waals surface area contributed by atoms with Gasteiger partial charge in [-0.2, -0.15) is 13.2 Å². The molecule has 278 valence electrons. The lowest BCUT2D eigenvalue weighted by atomic mass is 10.1. The Morgan fingerprint density at radius 3 is 2.36 bits per heavy atom. The first kappa shape index (κ1) is 38.2. The van der Waals surface area contributed by atoms with Crippen LogP contribution in [0.2, 0.25) is 0 Å². The number of benzene rings is 4. The van der Waals surface area contributed by atoms with Crippen LogP contribution in [0.4, 0.5) is 24.5 Å². The zero-order chi connectivity index (χ0) is 37.4. The van der Waals surface area contributed by atoms with Crippen molar-refractivity contribution in [2.75, 3.05) is 55.3 Å². The van der Waals surface area contributed by atoms with E-state index in [4.69, 9.17) is 4.74 Å². The SMILES string of the molecule is CCOc1cccc(-c2csc(CN3CCN(c4ccc(C(=O)NS(=O)(=O)c5ccc(NCCSc6ccccc6)c(C(F)(F)F)c5)cc4)CC3)c2)c1. The van der Waals surface area contributed by atoms with Crippen molar-refractivity contribution in [3.05, 3.63) is 125 Å². The Hall–Kier alpha value is -4.50. The van der Waals surface area contributed by atoms with Crippen molar-refractivity contribution in [3.63, 3.8) is 0 Å². The highest BCUT2D eigenvalue weighted by Crippen LogP contribution is 2.37. The van der Waals surface area contributed by atoms with Gasteiger partial charge >= 0.3 is 6.18 Å². The molecule has 1 amide bonds. The lowest BCUT2D eigenvalue weighted by Crippen LogP contribution is -2.45. The number of rotatable bonds is 14. The maximum absolute atomic E-state index is 14.0. The van der Waals surface area contributed by atoms with Crippen molar-refractivity contribution >= 4 is 50.4 Å². The molecule has 1 aromatic heterocycles. The van der Waals surface area contributed by atoms with E-state index < -0.39 is 32.6 Å². The van der Waals surface area contributed by atoms with Crippen LogP contribution in [0.25, 0.3) is 11.1 Å². The number of anilines is 2. The first-order valence-electron chi connectivity index (χ1n) is 17.1. The Labute approximate surface area is 316 Å². The van der Waals surface area contributed by atoms with Gasteiger partial charge in [0.05, 0.1) is 17.1 Å². The molecule has 1 aliphatic heterocycles. The van der Waals surface area contributed by atoms with E-state index >= 15 is 0 Å². The third-order valence-electron chi connectivity index (χ3n) is 8.64. The quantitative estimate of drug-likeness (QED) is 0.0858. The van der Waals surface area contributed by atoms with Crippen LogP contribution in [0.1, 0.15) is 27.7 Å². The van der Waals surface area contributed by atoms with Crippen LogP contribution in [0.15, 0.2) is 118 Å². The molecule has 14 heteroatoms. The molecule has 0 saturated carbocycles. The number of sulfonamides is 1. The van der Waals surface area contributed by atoms with Gasteiger partial charge in [0.15, 0.2) is 0 Å². The summed E-state index contributed by atoms with van der Waals surface area (Å²) < 4.78 is 75.7. The maximum Gasteiger partial charge on any atom is 0.418 e. The van der Waals surface area contributed by atoms with Crippen LogP contribution in [-0.4, -0.2) is 64.3 Å². The second kappa shape index (κ2) is 17.1. The summed E-state index contributed by atoms with van der Waals surface area (Å²) in [7, 11) is -4.60. The van der Waals surface area contributed by atoms with E-state index in [1.165, 1.54) is 34.3 Å². The van der Waals surface area contributed by atoms with Crippen molar-refractivity contribution < 1.29 is 31.1 Å². The second-order valence-corrected chi connectivity index (χ2v) is 16.1. The molecule has 0 bridgehead atoms. The fraction of sp³-hybridized carbons (Fsp3) is 0.256. The van der Waals surface area contributed by atoms with Crippen molar-refractivity contribution in [1.29, 1.82) is 0 Å². The number of carbonyl (C=O) groups excluding carboxylic acids is 1. The molecule has 2 N–H and O–H groups in total. The zero-order valence-corrected chi connectivity index (χ0v) is 31.4. The number of alkyl halides is 3. The average molecular weight is 781 g/mol. The predicted octanol–water partition coefficient (Wildman–Crippen LogP) is 8.48. The molecular weight excluding hydrogens is 742 g/mol. The highest BCUT2D eigenvalue weighted by atomic mass is 32.2. The van der Waals surface area contributed by atoms with Gasteiger partial charge in [-0.15, -0.1) is 23.1 Å². The van der Waals surface area contributed by atoms with Gasteiger partial charge in [-0.25, -0.2) is 13.1 Å². The van der Waals surface area contributed by atoms with Gasteiger partial charge in [-0.1, -0.05) is 30.3 Å². The number of piperazine rings is 1. The van der Waals surface area contributed by atoms with Gasteiger partial charge < -0.3 is 15.0 Å². The minimum atomic E-state index is -4.82. The molecular formula is C39H39F3N4O4S3. The minimum Gasteiger partial charge on any atom is -0.494 e. The molecule has 0 spiro atoms. The molecule has 0 radical (unpaired) electrons. The number of ether oxygens (including phenoxy) is 1. The van der Waals surface area contributed by atoms with Crippen LogP contribution in [0, 0.1) is 0 Å². The maximum atomic E-state index is 14.0. The monoisotopic (exact) mass is 780 g/mol. The summed E-state index contributed by atoms with van der Waals surface area (Å²) in [5, 5.41) is 4.93. The van der Waals surface area contributed by atoms with Gasteiger partial charge in [0.1, 0.15) is 5.75 Å². The van der Waals surface area contributed by atoms with Crippen molar-refractivity contribution in [3.8, 4) is 16.9 Å². The summed E-state index contributed by atoms with van der Waals surface area (Å²) in [5.74, 6) is 0.416. The van der Waals surface area contributed by atoms with Gasteiger partial charge in [0.25, 0.3) is 15.9 Å². The average Bonchev–Trinajstić information content (AvgIpc) is 3.62. The lowest BCUT2D eigenvalue weighted by molar-refractivity contribution is -0.137. The van der Waals surface area contributed by atoms with Crippen LogP contribution in [-0.2, 0) is 22.7 Å². The van der Waals surface area contributed by atoms with Gasteiger partial charge in [0, 0.05) is 71.7 Å². The van der Waals surface area contributed by atoms with E-state index in [0.29, 0.717) is 18.4 Å². The number of carbonyl (C=O) groups is 1. The standard InChI is InChI=1S/C39H39F3N4O4S3/c1-2-50-32-8-6-7-29(23-32)30-24-34(52-27-30)26-45-18-20-46(21-19-45)31-13-11-28(12-14-31)38(47)44-53(48,49)35-15-16-37(36(25-35)39(40,41)42)43-17-22-51-33-9-4-3-5-10-33/h3-16,23-25,27,43H,2,17-22,26H2,1H3,(H,44,47). The second-order valence-electron chi connectivity index (χ2n) is 12.3. The molecule has 1 fully saturated rings. The molecule has 1 saturated heterocycles. The molecule has 53 heavy (non-hydrogen) atoms. The first-order valence-corrected chi connectivity index (χ1v) is 20.4. The molecule has 8 nitrogen and oxygen atoms in total.